The monoisotopic (exact) mass is 596 g/mol. The first kappa shape index (κ1) is 29.4. The second-order valence-electron chi connectivity index (χ2n) is 10.9. The minimum atomic E-state index is -0.739. The average Bonchev–Trinajstić information content (AvgIpc) is 3.04. The second-order valence-corrected chi connectivity index (χ2v) is 10.9. The Kier molecular flexibility index (Phi) is 8.16. The van der Waals surface area contributed by atoms with E-state index in [2.05, 4.69) is 0 Å². The van der Waals surface area contributed by atoms with E-state index in [0.29, 0.717) is 47.0 Å². The molecule has 6 rings (SSSR count). The normalized spacial score (nSPS) is 14.4. The fraction of sp³-hybridized carbons (Fsp3) is 0.132. The first-order chi connectivity index (χ1) is 21.8. The topological polar surface area (TPSA) is 76.2 Å². The van der Waals surface area contributed by atoms with Gasteiger partial charge in [0.2, 0.25) is 0 Å². The molecule has 0 atom stereocenters. The molecule has 0 spiro atoms. The maximum Gasteiger partial charge on any atom is 0.343 e. The minimum absolute atomic E-state index is 0.154. The Bertz CT molecular complexity index is 1940. The van der Waals surface area contributed by atoms with Gasteiger partial charge in [-0.15, -0.1) is 0 Å². The highest BCUT2D eigenvalue weighted by molar-refractivity contribution is 6.46. The molecule has 0 saturated carbocycles. The molecule has 0 radical (unpaired) electrons. The van der Waals surface area contributed by atoms with Crippen molar-refractivity contribution in [1.82, 2.24) is 0 Å². The second kappa shape index (κ2) is 12.5. The maximum absolute atomic E-state index is 14.1. The van der Waals surface area contributed by atoms with Gasteiger partial charge in [0.15, 0.2) is 11.5 Å². The van der Waals surface area contributed by atoms with Crippen LogP contribution in [0.1, 0.15) is 29.2 Å². The van der Waals surface area contributed by atoms with Gasteiger partial charge in [0.25, 0.3) is 11.8 Å². The highest BCUT2D eigenvalue weighted by atomic mass is 16.5. The van der Waals surface area contributed by atoms with Gasteiger partial charge in [-0.3, -0.25) is 9.59 Å². The van der Waals surface area contributed by atoms with Crippen molar-refractivity contribution in [2.45, 2.75) is 27.4 Å². The quantitative estimate of drug-likeness (QED) is 0.134. The third-order valence-corrected chi connectivity index (χ3v) is 7.64. The SMILES string of the molecule is CCOc1cc(/C=C2\C(=O)N(c3ccc(C)cc3)C(=O)N(c3cccc4ccccc34)C2=O)ccc1OCc1ccc(C)cc1. The molecule has 0 bridgehead atoms. The molecule has 7 nitrogen and oxygen atoms in total. The number of urea groups is 1. The van der Waals surface area contributed by atoms with E-state index in [1.165, 1.54) is 11.6 Å². The molecule has 1 fully saturated rings. The van der Waals surface area contributed by atoms with E-state index in [9.17, 15) is 14.4 Å². The zero-order valence-electron chi connectivity index (χ0n) is 25.3. The van der Waals surface area contributed by atoms with E-state index in [0.717, 1.165) is 26.3 Å². The van der Waals surface area contributed by atoms with Gasteiger partial charge in [-0.2, -0.15) is 0 Å². The van der Waals surface area contributed by atoms with Crippen molar-refractivity contribution in [3.8, 4) is 11.5 Å². The highest BCUT2D eigenvalue weighted by Crippen LogP contribution is 2.35. The van der Waals surface area contributed by atoms with Crippen molar-refractivity contribution in [3.63, 3.8) is 0 Å². The third kappa shape index (κ3) is 5.93. The summed E-state index contributed by atoms with van der Waals surface area (Å²) in [5.41, 5.74) is 4.32. The predicted octanol–water partition coefficient (Wildman–Crippen LogP) is 8.02. The van der Waals surface area contributed by atoms with Crippen LogP contribution in [0.15, 0.2) is 115 Å². The molecule has 1 aliphatic rings. The number of carbonyl (C=O) groups is 3. The average molecular weight is 597 g/mol. The van der Waals surface area contributed by atoms with Crippen LogP contribution < -0.4 is 19.3 Å². The molecule has 5 aromatic rings. The number of aryl methyl sites for hydroxylation is 2. The Balaban J connectivity index is 1.41. The van der Waals surface area contributed by atoms with Gasteiger partial charge >= 0.3 is 6.03 Å². The van der Waals surface area contributed by atoms with Crippen molar-refractivity contribution in [1.29, 1.82) is 0 Å². The molecule has 45 heavy (non-hydrogen) atoms. The lowest BCUT2D eigenvalue weighted by Crippen LogP contribution is -2.57. The lowest BCUT2D eigenvalue weighted by atomic mass is 10.0. The van der Waals surface area contributed by atoms with Gasteiger partial charge in [-0.1, -0.05) is 90.0 Å². The summed E-state index contributed by atoms with van der Waals surface area (Å²) in [6.45, 7) is 6.57. The summed E-state index contributed by atoms with van der Waals surface area (Å²) in [6, 6.07) is 32.6. The van der Waals surface area contributed by atoms with Crippen LogP contribution in [0.3, 0.4) is 0 Å². The molecule has 5 aromatic carbocycles. The lowest BCUT2D eigenvalue weighted by molar-refractivity contribution is -0.121. The van der Waals surface area contributed by atoms with Gasteiger partial charge in [0.05, 0.1) is 18.0 Å². The Morgan fingerprint density at radius 2 is 1.33 bits per heavy atom. The summed E-state index contributed by atoms with van der Waals surface area (Å²) < 4.78 is 12.0. The lowest BCUT2D eigenvalue weighted by Gasteiger charge is -2.34. The summed E-state index contributed by atoms with van der Waals surface area (Å²) >= 11 is 0. The zero-order valence-corrected chi connectivity index (χ0v) is 25.3. The summed E-state index contributed by atoms with van der Waals surface area (Å²) in [4.78, 5) is 44.2. The Morgan fingerprint density at radius 1 is 0.667 bits per heavy atom. The highest BCUT2D eigenvalue weighted by Gasteiger charge is 2.44. The summed E-state index contributed by atoms with van der Waals surface area (Å²) in [5, 5.41) is 1.58. The zero-order chi connectivity index (χ0) is 31.5. The van der Waals surface area contributed by atoms with Crippen molar-refractivity contribution in [2.24, 2.45) is 0 Å². The van der Waals surface area contributed by atoms with Crippen LogP contribution in [0.5, 0.6) is 11.5 Å². The first-order valence-corrected chi connectivity index (χ1v) is 14.8. The largest absolute Gasteiger partial charge is 0.490 e. The molecule has 0 N–H and O–H groups in total. The molecular weight excluding hydrogens is 564 g/mol. The molecule has 0 aromatic heterocycles. The van der Waals surface area contributed by atoms with E-state index < -0.39 is 17.8 Å². The number of benzene rings is 5. The summed E-state index contributed by atoms with van der Waals surface area (Å²) in [5.74, 6) is -0.396. The summed E-state index contributed by atoms with van der Waals surface area (Å²) in [7, 11) is 0. The van der Waals surface area contributed by atoms with Gasteiger partial charge in [-0.05, 0) is 73.7 Å². The fourth-order valence-electron chi connectivity index (χ4n) is 5.28. The van der Waals surface area contributed by atoms with Crippen molar-refractivity contribution >= 4 is 46.1 Å². The van der Waals surface area contributed by atoms with Crippen LogP contribution >= 0.6 is 0 Å². The molecule has 1 saturated heterocycles. The number of imide groups is 2. The fourth-order valence-corrected chi connectivity index (χ4v) is 5.28. The number of ether oxygens (including phenoxy) is 2. The molecule has 224 valence electrons. The number of hydrogen-bond acceptors (Lipinski definition) is 5. The number of anilines is 2. The van der Waals surface area contributed by atoms with E-state index in [1.807, 2.05) is 87.5 Å². The smallest absolute Gasteiger partial charge is 0.343 e. The van der Waals surface area contributed by atoms with Gasteiger partial charge in [0.1, 0.15) is 12.2 Å². The third-order valence-electron chi connectivity index (χ3n) is 7.64. The number of nitrogens with zero attached hydrogens (tertiary/aromatic N) is 2. The summed E-state index contributed by atoms with van der Waals surface area (Å²) in [6.07, 6.45) is 1.50. The van der Waals surface area contributed by atoms with Crippen molar-refractivity contribution < 1.29 is 23.9 Å². The number of carbonyl (C=O) groups excluding carboxylic acids is 3. The minimum Gasteiger partial charge on any atom is -0.490 e. The van der Waals surface area contributed by atoms with Gasteiger partial charge in [-0.25, -0.2) is 14.6 Å². The van der Waals surface area contributed by atoms with E-state index in [-0.39, 0.29) is 5.57 Å². The van der Waals surface area contributed by atoms with Gasteiger partial charge in [0, 0.05) is 5.39 Å². The van der Waals surface area contributed by atoms with E-state index in [1.54, 1.807) is 42.5 Å². The molecule has 7 heteroatoms. The number of amides is 4. The molecule has 1 aliphatic heterocycles. The number of fused-ring (bicyclic) bond motifs is 1. The molecule has 0 unspecified atom stereocenters. The first-order valence-electron chi connectivity index (χ1n) is 14.8. The van der Waals surface area contributed by atoms with E-state index in [4.69, 9.17) is 9.47 Å². The Labute approximate surface area is 261 Å². The standard InChI is InChI=1S/C38H32N2O5/c1-4-44-35-23-28(18-21-34(35)45-24-27-16-12-25(2)13-17-27)22-32-36(41)39(30-19-14-26(3)15-20-30)38(43)40(37(32)42)33-11-7-9-29-8-5-6-10-31(29)33/h5-23H,4,24H2,1-3H3/b32-22+. The number of hydrogen-bond donors (Lipinski definition) is 0. The van der Waals surface area contributed by atoms with Crippen LogP contribution in [0.4, 0.5) is 16.2 Å². The van der Waals surface area contributed by atoms with Crippen molar-refractivity contribution in [2.75, 3.05) is 16.4 Å². The van der Waals surface area contributed by atoms with Crippen LogP contribution in [0, 0.1) is 13.8 Å². The van der Waals surface area contributed by atoms with Crippen LogP contribution in [0.2, 0.25) is 0 Å². The predicted molar refractivity (Wildman–Crippen MR) is 177 cm³/mol. The van der Waals surface area contributed by atoms with Crippen LogP contribution in [-0.2, 0) is 16.2 Å². The Hall–Kier alpha value is -5.69. The Morgan fingerprint density at radius 3 is 2.07 bits per heavy atom. The van der Waals surface area contributed by atoms with E-state index >= 15 is 0 Å². The van der Waals surface area contributed by atoms with Gasteiger partial charge < -0.3 is 9.47 Å². The van der Waals surface area contributed by atoms with Crippen LogP contribution in [0.25, 0.3) is 16.8 Å². The molecule has 1 heterocycles. The molecule has 0 aliphatic carbocycles. The number of rotatable bonds is 8. The molecule has 4 amide bonds. The molecular formula is C38H32N2O5. The number of barbiturate groups is 1. The maximum atomic E-state index is 14.1. The van der Waals surface area contributed by atoms with Crippen molar-refractivity contribution in [3.05, 3.63) is 137 Å². The van der Waals surface area contributed by atoms with Crippen LogP contribution in [-0.4, -0.2) is 24.5 Å².